The molecule has 140 valence electrons. The lowest BCUT2D eigenvalue weighted by molar-refractivity contribution is 0.146. The van der Waals surface area contributed by atoms with Gasteiger partial charge in [0, 0.05) is 18.3 Å². The summed E-state index contributed by atoms with van der Waals surface area (Å²) in [6, 6.07) is 3.27. The molecule has 0 aliphatic heterocycles. The molecule has 0 radical (unpaired) electrons. The zero-order valence-electron chi connectivity index (χ0n) is 13.9. The van der Waals surface area contributed by atoms with E-state index in [0.29, 0.717) is 34.8 Å². The number of hydrogen-bond acceptors (Lipinski definition) is 4. The molecule has 0 N–H and O–H groups in total. The third kappa shape index (κ3) is 10.0. The van der Waals surface area contributed by atoms with Crippen LogP contribution in [0.15, 0.2) is 27.9 Å². The fourth-order valence-corrected chi connectivity index (χ4v) is 2.42. The molecule has 1 aromatic carbocycles. The molecule has 0 saturated carbocycles. The molecule has 4 nitrogen and oxygen atoms in total. The van der Waals surface area contributed by atoms with Crippen molar-refractivity contribution < 1.29 is 14.3 Å². The van der Waals surface area contributed by atoms with E-state index in [9.17, 15) is 0 Å². The number of oxime groups is 1. The van der Waals surface area contributed by atoms with Crippen LogP contribution >= 0.6 is 46.4 Å². The van der Waals surface area contributed by atoms with Crippen molar-refractivity contribution in [1.29, 1.82) is 0 Å². The van der Waals surface area contributed by atoms with E-state index in [1.165, 1.54) is 6.08 Å². The lowest BCUT2D eigenvalue weighted by Crippen LogP contribution is -2.00. The van der Waals surface area contributed by atoms with Crippen LogP contribution in [0.4, 0.5) is 0 Å². The van der Waals surface area contributed by atoms with Crippen LogP contribution in [0.3, 0.4) is 0 Å². The molecule has 0 unspecified atom stereocenters. The van der Waals surface area contributed by atoms with Gasteiger partial charge in [-0.15, -0.1) is 0 Å². The van der Waals surface area contributed by atoms with E-state index < -0.39 is 0 Å². The third-order valence-electron chi connectivity index (χ3n) is 2.88. The first-order valence-corrected chi connectivity index (χ1v) is 9.45. The van der Waals surface area contributed by atoms with Crippen molar-refractivity contribution in [2.24, 2.45) is 5.16 Å². The second-order valence-electron chi connectivity index (χ2n) is 4.99. The van der Waals surface area contributed by atoms with Crippen molar-refractivity contribution in [3.63, 3.8) is 0 Å². The van der Waals surface area contributed by atoms with Gasteiger partial charge in [-0.3, -0.25) is 0 Å². The van der Waals surface area contributed by atoms with Crippen LogP contribution in [0.5, 0.6) is 11.5 Å². The molecule has 0 aliphatic rings. The van der Waals surface area contributed by atoms with E-state index in [1.807, 2.05) is 6.92 Å². The molecular formula is C17H21Cl4NO3. The molecule has 0 amide bonds. The van der Waals surface area contributed by atoms with E-state index in [1.54, 1.807) is 18.3 Å². The summed E-state index contributed by atoms with van der Waals surface area (Å²) in [6.45, 7) is 3.41. The number of benzene rings is 1. The quantitative estimate of drug-likeness (QED) is 0.212. The maximum Gasteiger partial charge on any atom is 0.156 e. The van der Waals surface area contributed by atoms with E-state index >= 15 is 0 Å². The summed E-state index contributed by atoms with van der Waals surface area (Å²) in [4.78, 5) is 5.02. The monoisotopic (exact) mass is 427 g/mol. The number of halogens is 4. The highest BCUT2D eigenvalue weighted by Crippen LogP contribution is 2.37. The Hall–Kier alpha value is -0.810. The average molecular weight is 429 g/mol. The Labute approximate surface area is 168 Å². The van der Waals surface area contributed by atoms with Crippen LogP contribution in [0, 0.1) is 0 Å². The van der Waals surface area contributed by atoms with Gasteiger partial charge in [0.05, 0.1) is 16.7 Å². The first-order chi connectivity index (χ1) is 12.0. The van der Waals surface area contributed by atoms with E-state index in [2.05, 4.69) is 5.16 Å². The van der Waals surface area contributed by atoms with E-state index in [4.69, 9.17) is 60.7 Å². The van der Waals surface area contributed by atoms with Crippen molar-refractivity contribution in [3.8, 4) is 11.5 Å². The second-order valence-corrected chi connectivity index (χ2v) is 6.81. The molecule has 8 heteroatoms. The molecule has 0 fully saturated rings. The predicted molar refractivity (Wildman–Crippen MR) is 106 cm³/mol. The number of ether oxygens (including phenoxy) is 2. The van der Waals surface area contributed by atoms with Gasteiger partial charge in [0.2, 0.25) is 0 Å². The van der Waals surface area contributed by atoms with Crippen molar-refractivity contribution in [2.75, 3.05) is 19.8 Å². The molecule has 0 heterocycles. The molecular weight excluding hydrogens is 408 g/mol. The van der Waals surface area contributed by atoms with Crippen LogP contribution in [0.1, 0.15) is 32.6 Å². The van der Waals surface area contributed by atoms with Crippen LogP contribution < -0.4 is 9.47 Å². The summed E-state index contributed by atoms with van der Waals surface area (Å²) in [7, 11) is 0. The fraction of sp³-hybridized carbons (Fsp3) is 0.471. The molecule has 0 atom stereocenters. The van der Waals surface area contributed by atoms with Crippen molar-refractivity contribution >= 4 is 52.6 Å². The summed E-state index contributed by atoms with van der Waals surface area (Å²) in [5.41, 5.74) is 0. The number of hydrogen-bond donors (Lipinski definition) is 0. The maximum atomic E-state index is 6.19. The van der Waals surface area contributed by atoms with Gasteiger partial charge in [-0.1, -0.05) is 58.5 Å². The Balaban J connectivity index is 2.36. The van der Waals surface area contributed by atoms with Gasteiger partial charge in [-0.05, 0) is 31.8 Å². The zero-order valence-corrected chi connectivity index (χ0v) is 17.0. The Kier molecular flexibility index (Phi) is 11.9. The highest BCUT2D eigenvalue weighted by Gasteiger charge is 2.10. The van der Waals surface area contributed by atoms with Crippen LogP contribution in [0.25, 0.3) is 0 Å². The van der Waals surface area contributed by atoms with Gasteiger partial charge < -0.3 is 14.3 Å². The SMILES string of the molecule is CCCON=CCCCCOc1c(Cl)cc(OCC=C(Cl)Cl)cc1Cl. The summed E-state index contributed by atoms with van der Waals surface area (Å²) in [5.74, 6) is 0.957. The minimum atomic E-state index is 0.138. The molecule has 1 rings (SSSR count). The molecule has 0 aliphatic carbocycles. The summed E-state index contributed by atoms with van der Waals surface area (Å²) in [6.07, 6.45) is 6.85. The van der Waals surface area contributed by atoms with Crippen LogP contribution in [-0.4, -0.2) is 26.0 Å². The Bertz CT molecular complexity index is 552. The minimum absolute atomic E-state index is 0.138. The number of rotatable bonds is 12. The van der Waals surface area contributed by atoms with Gasteiger partial charge in [0.1, 0.15) is 23.5 Å². The standard InChI is InChI=1S/C17H21Cl4NO3/c1-2-8-25-22-7-4-3-5-9-24-17-14(18)11-13(12-15(17)19)23-10-6-16(20)21/h6-7,11-12H,2-5,8-10H2,1H3. The summed E-state index contributed by atoms with van der Waals surface area (Å²) < 4.78 is 11.2. The topological polar surface area (TPSA) is 40.0 Å². The molecule has 0 aromatic heterocycles. The van der Waals surface area contributed by atoms with Gasteiger partial charge in [0.25, 0.3) is 0 Å². The largest absolute Gasteiger partial charge is 0.490 e. The van der Waals surface area contributed by atoms with Gasteiger partial charge in [-0.25, -0.2) is 0 Å². The fourth-order valence-electron chi connectivity index (χ4n) is 1.72. The molecule has 0 saturated heterocycles. The Morgan fingerprint density at radius 3 is 2.44 bits per heavy atom. The number of unbranched alkanes of at least 4 members (excludes halogenated alkanes) is 2. The smallest absolute Gasteiger partial charge is 0.156 e. The normalized spacial score (nSPS) is 10.8. The van der Waals surface area contributed by atoms with Crippen LogP contribution in [-0.2, 0) is 4.84 Å². The lowest BCUT2D eigenvalue weighted by Gasteiger charge is -2.12. The molecule has 25 heavy (non-hydrogen) atoms. The van der Waals surface area contributed by atoms with E-state index in [0.717, 1.165) is 25.7 Å². The van der Waals surface area contributed by atoms with Gasteiger partial charge >= 0.3 is 0 Å². The number of nitrogens with zero attached hydrogens (tertiary/aromatic N) is 1. The van der Waals surface area contributed by atoms with Gasteiger partial charge in [-0.2, -0.15) is 0 Å². The average Bonchev–Trinajstić information content (AvgIpc) is 2.55. The Morgan fingerprint density at radius 1 is 1.08 bits per heavy atom. The van der Waals surface area contributed by atoms with E-state index in [-0.39, 0.29) is 11.1 Å². The minimum Gasteiger partial charge on any atom is -0.490 e. The molecule has 0 spiro atoms. The zero-order chi connectivity index (χ0) is 18.5. The first-order valence-electron chi connectivity index (χ1n) is 7.94. The summed E-state index contributed by atoms with van der Waals surface area (Å²) in [5, 5.41) is 4.62. The predicted octanol–water partition coefficient (Wildman–Crippen LogP) is 6.65. The van der Waals surface area contributed by atoms with Crippen molar-refractivity contribution in [1.82, 2.24) is 0 Å². The second kappa shape index (κ2) is 13.4. The first kappa shape index (κ1) is 22.2. The maximum absolute atomic E-state index is 6.19. The molecule has 0 bridgehead atoms. The Morgan fingerprint density at radius 2 is 1.80 bits per heavy atom. The van der Waals surface area contributed by atoms with Gasteiger partial charge in [0.15, 0.2) is 5.75 Å². The van der Waals surface area contributed by atoms with Crippen molar-refractivity contribution in [2.45, 2.75) is 32.6 Å². The van der Waals surface area contributed by atoms with Crippen molar-refractivity contribution in [3.05, 3.63) is 32.7 Å². The highest BCUT2D eigenvalue weighted by atomic mass is 35.5. The van der Waals surface area contributed by atoms with Crippen LogP contribution in [0.2, 0.25) is 10.0 Å². The lowest BCUT2D eigenvalue weighted by atomic mass is 10.2. The third-order valence-corrected chi connectivity index (χ3v) is 3.75. The molecule has 1 aromatic rings. The summed E-state index contributed by atoms with van der Waals surface area (Å²) >= 11 is 23.4. The highest BCUT2D eigenvalue weighted by molar-refractivity contribution is 6.55.